The second-order valence-electron chi connectivity index (χ2n) is 13.1. The first kappa shape index (κ1) is 31.1. The van der Waals surface area contributed by atoms with E-state index >= 15 is 4.39 Å². The van der Waals surface area contributed by atoms with Crippen molar-refractivity contribution in [3.63, 3.8) is 0 Å². The Labute approximate surface area is 253 Å². The zero-order valence-electron chi connectivity index (χ0n) is 26.0. The van der Waals surface area contributed by atoms with Gasteiger partial charge in [0.25, 0.3) is 5.91 Å². The summed E-state index contributed by atoms with van der Waals surface area (Å²) in [5.74, 6) is -0.646. The summed E-state index contributed by atoms with van der Waals surface area (Å²) in [4.78, 5) is 30.9. The lowest BCUT2D eigenvalue weighted by atomic mass is 9.88. The van der Waals surface area contributed by atoms with Crippen molar-refractivity contribution in [1.29, 1.82) is 0 Å². The Morgan fingerprint density at radius 3 is 2.40 bits per heavy atom. The van der Waals surface area contributed by atoms with E-state index in [2.05, 4.69) is 45.5 Å². The minimum atomic E-state index is -1.21. The van der Waals surface area contributed by atoms with Crippen molar-refractivity contribution < 1.29 is 23.2 Å². The number of nitrogens with zero attached hydrogens (tertiary/aromatic N) is 4. The van der Waals surface area contributed by atoms with Gasteiger partial charge in [-0.2, -0.15) is 9.49 Å². The number of nitrogens with one attached hydrogen (secondary N) is 2. The minimum absolute atomic E-state index is 0.0156. The van der Waals surface area contributed by atoms with E-state index in [9.17, 15) is 9.59 Å². The van der Waals surface area contributed by atoms with Gasteiger partial charge in [0.15, 0.2) is 0 Å². The average Bonchev–Trinajstić information content (AvgIpc) is 3.88. The fourth-order valence-corrected chi connectivity index (χ4v) is 6.58. The maximum atomic E-state index is 15.6. The normalized spacial score (nSPS) is 16.0. The molecule has 5 rings (SSSR count). The molecule has 3 aromatic heterocycles. The first-order valence-corrected chi connectivity index (χ1v) is 19.0. The number of carbonyl (C=O) groups is 2. The van der Waals surface area contributed by atoms with E-state index in [4.69, 9.17) is 9.26 Å². The molecular weight excluding hydrogens is 567 g/mol. The van der Waals surface area contributed by atoms with Crippen LogP contribution >= 0.6 is 0 Å². The van der Waals surface area contributed by atoms with Crippen LogP contribution in [0, 0.1) is 37.5 Å². The monoisotopic (exact) mass is 610 g/mol. The van der Waals surface area contributed by atoms with Gasteiger partial charge in [-0.3, -0.25) is 9.59 Å². The topological polar surface area (TPSA) is 124 Å². The number of hydrogen-bond donors (Lipinski definition) is 2. The molecule has 2 fully saturated rings. The first-order chi connectivity index (χ1) is 20.5. The summed E-state index contributed by atoms with van der Waals surface area (Å²) < 4.78 is 28.2. The fourth-order valence-electron chi connectivity index (χ4n) is 5.83. The van der Waals surface area contributed by atoms with Gasteiger partial charge >= 0.3 is 0 Å². The van der Waals surface area contributed by atoms with Crippen molar-refractivity contribution in [3.05, 3.63) is 47.0 Å². The van der Waals surface area contributed by atoms with Crippen LogP contribution in [0.2, 0.25) is 25.7 Å². The van der Waals surface area contributed by atoms with E-state index in [-0.39, 0.29) is 11.7 Å². The Balaban J connectivity index is 1.33. The maximum absolute atomic E-state index is 15.6. The highest BCUT2D eigenvalue weighted by molar-refractivity contribution is 6.76. The molecule has 0 aliphatic heterocycles. The van der Waals surface area contributed by atoms with Gasteiger partial charge in [-0.1, -0.05) is 31.7 Å². The van der Waals surface area contributed by atoms with Crippen LogP contribution in [-0.4, -0.2) is 52.5 Å². The zero-order valence-corrected chi connectivity index (χ0v) is 27.0. The molecule has 0 radical (unpaired) electrons. The van der Waals surface area contributed by atoms with Crippen LogP contribution < -0.4 is 10.6 Å². The third-order valence-corrected chi connectivity index (χ3v) is 10.1. The van der Waals surface area contributed by atoms with Gasteiger partial charge in [0.05, 0.1) is 11.4 Å². The van der Waals surface area contributed by atoms with Gasteiger partial charge in [0, 0.05) is 31.5 Å². The summed E-state index contributed by atoms with van der Waals surface area (Å²) in [5.41, 5.74) is 3.31. The molecule has 0 bridgehead atoms. The van der Waals surface area contributed by atoms with E-state index in [1.807, 2.05) is 13.8 Å². The molecule has 1 atom stereocenters. The lowest BCUT2D eigenvalue weighted by Gasteiger charge is -2.27. The highest BCUT2D eigenvalue weighted by Gasteiger charge is 2.48. The molecule has 3 heterocycles. The van der Waals surface area contributed by atoms with Crippen LogP contribution in [0.3, 0.4) is 0 Å². The van der Waals surface area contributed by atoms with Crippen LogP contribution in [-0.2, 0) is 22.7 Å². The lowest BCUT2D eigenvalue weighted by molar-refractivity contribution is -0.119. The van der Waals surface area contributed by atoms with Crippen LogP contribution in [0.1, 0.15) is 60.0 Å². The molecule has 43 heavy (non-hydrogen) atoms. The molecule has 2 aliphatic carbocycles. The van der Waals surface area contributed by atoms with Crippen molar-refractivity contribution >= 4 is 25.7 Å². The van der Waals surface area contributed by atoms with Gasteiger partial charge in [0.1, 0.15) is 30.4 Å². The van der Waals surface area contributed by atoms with Gasteiger partial charge in [0.2, 0.25) is 11.9 Å². The third kappa shape index (κ3) is 7.41. The quantitative estimate of drug-likeness (QED) is 0.136. The minimum Gasteiger partial charge on any atom is -0.364 e. The Hall–Kier alpha value is -3.38. The summed E-state index contributed by atoms with van der Waals surface area (Å²) in [7, 11) is -1.21. The van der Waals surface area contributed by atoms with E-state index in [0.29, 0.717) is 59.7 Å². The molecule has 2 saturated carbocycles. The molecule has 2 N–H and O–H groups in total. The Morgan fingerprint density at radius 1 is 1.14 bits per heavy atom. The van der Waals surface area contributed by atoms with Gasteiger partial charge in [-0.25, -0.2) is 9.67 Å². The lowest BCUT2D eigenvalue weighted by Crippen LogP contribution is -2.50. The number of aryl methyl sites for hydroxylation is 2. The molecule has 3 aromatic rings. The summed E-state index contributed by atoms with van der Waals surface area (Å²) in [6.45, 7) is 13.4. The average molecular weight is 611 g/mol. The van der Waals surface area contributed by atoms with E-state index in [1.165, 1.54) is 6.26 Å². The number of hydrogen-bond acceptors (Lipinski definition) is 7. The van der Waals surface area contributed by atoms with Crippen molar-refractivity contribution in [1.82, 2.24) is 25.2 Å². The molecular formula is C31H43FN6O4Si. The third-order valence-electron chi connectivity index (χ3n) is 8.43. The number of carbonyl (C=O) groups excluding carboxylic acids is 2. The molecule has 10 nitrogen and oxygen atoms in total. The Kier molecular flexibility index (Phi) is 9.17. The zero-order chi connectivity index (χ0) is 30.9. The van der Waals surface area contributed by atoms with E-state index in [1.54, 1.807) is 23.7 Å². The maximum Gasteiger partial charge on any atom is 0.257 e. The Morgan fingerprint density at radius 2 is 1.84 bits per heavy atom. The van der Waals surface area contributed by atoms with Crippen LogP contribution in [0.4, 0.5) is 10.2 Å². The molecule has 0 spiro atoms. The number of rotatable bonds is 14. The Bertz CT molecular complexity index is 1460. The van der Waals surface area contributed by atoms with Crippen LogP contribution in [0.15, 0.2) is 22.9 Å². The fraction of sp³-hybridized carbons (Fsp3) is 0.581. The predicted molar refractivity (Wildman–Crippen MR) is 164 cm³/mol. The largest absolute Gasteiger partial charge is 0.364 e. The smallest absolute Gasteiger partial charge is 0.257 e. The van der Waals surface area contributed by atoms with Gasteiger partial charge in [-0.05, 0) is 81.9 Å². The summed E-state index contributed by atoms with van der Waals surface area (Å²) in [5, 5.41) is 14.1. The van der Waals surface area contributed by atoms with E-state index < -0.39 is 31.9 Å². The summed E-state index contributed by atoms with van der Waals surface area (Å²) in [6, 6.07) is 3.51. The molecule has 0 aromatic carbocycles. The standard InChI is InChI=1S/C31H43FN6O4Si/c1-7-24-26(19(3)36-38(24)17-41-14-15-43(4,5)6)22-12-13-25(33-29(22)32)34-31(40)28(27(20-8-9-20)21-10-11-21)35-30(39)23-16-42-37-18(23)2/h12-13,16,20-21,27-28H,7-11,14-15,17H2,1-6H3,(H,35,39)(H,33,34,40). The summed E-state index contributed by atoms with van der Waals surface area (Å²) in [6.07, 6.45) is 6.06. The number of ether oxygens (including phenoxy) is 1. The van der Waals surface area contributed by atoms with Crippen LogP contribution in [0.25, 0.3) is 11.1 Å². The molecule has 1 unspecified atom stereocenters. The highest BCUT2D eigenvalue weighted by atomic mass is 28.3. The number of anilines is 1. The number of amides is 2. The van der Waals surface area contributed by atoms with Crippen molar-refractivity contribution in [3.8, 4) is 11.1 Å². The predicted octanol–water partition coefficient (Wildman–Crippen LogP) is 5.74. The molecule has 232 valence electrons. The molecule has 12 heteroatoms. The van der Waals surface area contributed by atoms with Crippen molar-refractivity contribution in [2.75, 3.05) is 11.9 Å². The second-order valence-corrected chi connectivity index (χ2v) is 18.8. The van der Waals surface area contributed by atoms with Gasteiger partial charge < -0.3 is 19.9 Å². The number of aromatic nitrogens is 4. The van der Waals surface area contributed by atoms with Crippen molar-refractivity contribution in [2.24, 2.45) is 17.8 Å². The SMILES string of the molecule is CCc1c(-c2ccc(NC(=O)C(NC(=O)c3conc3C)C(C3CC3)C3CC3)nc2F)c(C)nn1COCC[Si](C)(C)C. The first-order valence-electron chi connectivity index (χ1n) is 15.3. The van der Waals surface area contributed by atoms with E-state index in [0.717, 1.165) is 37.4 Å². The number of pyridine rings is 1. The van der Waals surface area contributed by atoms with Crippen LogP contribution in [0.5, 0.6) is 0 Å². The molecule has 0 saturated heterocycles. The highest BCUT2D eigenvalue weighted by Crippen LogP contribution is 2.51. The van der Waals surface area contributed by atoms with Crippen molar-refractivity contribution in [2.45, 2.75) is 91.3 Å². The van der Waals surface area contributed by atoms with Gasteiger partial charge in [-0.15, -0.1) is 0 Å². The summed E-state index contributed by atoms with van der Waals surface area (Å²) >= 11 is 0. The molecule has 2 aliphatic rings. The number of halogens is 1. The second kappa shape index (κ2) is 12.7. The molecule has 2 amide bonds.